The zero-order valence-electron chi connectivity index (χ0n) is 9.10. The maximum atomic E-state index is 13.7. The largest absolute Gasteiger partial charge is 0.419 e. The highest BCUT2D eigenvalue weighted by Crippen LogP contribution is 2.39. The highest BCUT2D eigenvalue weighted by atomic mass is 19.4. The van der Waals surface area contributed by atoms with E-state index in [9.17, 15) is 17.6 Å². The normalized spacial score (nSPS) is 18.2. The number of halogens is 4. The summed E-state index contributed by atoms with van der Waals surface area (Å²) in [4.78, 5) is 0. The number of benzene rings is 1. The molecule has 1 saturated carbocycles. The first-order chi connectivity index (χ1) is 7.89. The maximum absolute atomic E-state index is 13.7. The Bertz CT molecular complexity index is 409. The van der Waals surface area contributed by atoms with Crippen molar-refractivity contribution in [3.8, 4) is 0 Å². The molecule has 1 aromatic rings. The monoisotopic (exact) mass is 247 g/mol. The molecule has 1 atom stereocenters. The Labute approximate surface area is 96.6 Å². The molecule has 1 nitrogen and oxygen atoms in total. The highest BCUT2D eigenvalue weighted by Gasteiger charge is 2.36. The molecule has 2 rings (SSSR count). The summed E-state index contributed by atoms with van der Waals surface area (Å²) >= 11 is 0. The Hall–Kier alpha value is -1.10. The first-order valence-electron chi connectivity index (χ1n) is 5.50. The Morgan fingerprint density at radius 3 is 2.47 bits per heavy atom. The van der Waals surface area contributed by atoms with E-state index >= 15 is 0 Å². The molecule has 0 amide bonds. The Kier molecular flexibility index (Phi) is 3.12. The van der Waals surface area contributed by atoms with Gasteiger partial charge in [0.15, 0.2) is 0 Å². The number of alkyl halides is 3. The van der Waals surface area contributed by atoms with E-state index < -0.39 is 23.6 Å². The van der Waals surface area contributed by atoms with Crippen molar-refractivity contribution in [2.75, 3.05) is 0 Å². The van der Waals surface area contributed by atoms with Crippen molar-refractivity contribution in [3.05, 3.63) is 35.1 Å². The first-order valence-corrected chi connectivity index (χ1v) is 5.50. The van der Waals surface area contributed by atoms with Gasteiger partial charge in [-0.1, -0.05) is 25.0 Å². The molecule has 0 saturated heterocycles. The van der Waals surface area contributed by atoms with Crippen molar-refractivity contribution in [3.63, 3.8) is 0 Å². The number of hydrogen-bond donors (Lipinski definition) is 1. The summed E-state index contributed by atoms with van der Waals surface area (Å²) in [5.41, 5.74) is 4.47. The molecule has 2 N–H and O–H groups in total. The van der Waals surface area contributed by atoms with Crippen molar-refractivity contribution in [2.45, 2.75) is 31.5 Å². The zero-order chi connectivity index (χ0) is 12.6. The van der Waals surface area contributed by atoms with Gasteiger partial charge in [0, 0.05) is 11.6 Å². The van der Waals surface area contributed by atoms with Gasteiger partial charge in [0.2, 0.25) is 0 Å². The van der Waals surface area contributed by atoms with Crippen molar-refractivity contribution in [2.24, 2.45) is 11.7 Å². The molecule has 1 aliphatic carbocycles. The van der Waals surface area contributed by atoms with Gasteiger partial charge in [-0.05, 0) is 18.4 Å². The predicted octanol–water partition coefficient (Wildman–Crippen LogP) is 3.64. The molecule has 1 aliphatic rings. The topological polar surface area (TPSA) is 26.0 Å². The Morgan fingerprint density at radius 1 is 1.29 bits per heavy atom. The van der Waals surface area contributed by atoms with Gasteiger partial charge in [-0.3, -0.25) is 0 Å². The molecule has 0 bridgehead atoms. The van der Waals surface area contributed by atoms with Crippen molar-refractivity contribution >= 4 is 0 Å². The van der Waals surface area contributed by atoms with E-state index in [1.54, 1.807) is 0 Å². The van der Waals surface area contributed by atoms with Crippen molar-refractivity contribution < 1.29 is 17.6 Å². The van der Waals surface area contributed by atoms with Crippen LogP contribution in [-0.4, -0.2) is 0 Å². The number of nitrogens with two attached hydrogens (primary N) is 1. The Balaban J connectivity index is 2.27. The van der Waals surface area contributed by atoms with Crippen LogP contribution in [0.1, 0.15) is 36.4 Å². The molecule has 0 spiro atoms. The fraction of sp³-hybridized carbons (Fsp3) is 0.500. The van der Waals surface area contributed by atoms with Crippen LogP contribution >= 0.6 is 0 Å². The van der Waals surface area contributed by atoms with Gasteiger partial charge in [0.1, 0.15) is 5.82 Å². The van der Waals surface area contributed by atoms with Gasteiger partial charge in [0.25, 0.3) is 0 Å². The van der Waals surface area contributed by atoms with Crippen LogP contribution in [0.2, 0.25) is 0 Å². The SMILES string of the molecule is N[C@@H](CC1CC1)c1cccc(C(F)(F)F)c1F. The second kappa shape index (κ2) is 4.29. The smallest absolute Gasteiger partial charge is 0.324 e. The third kappa shape index (κ3) is 2.77. The van der Waals surface area contributed by atoms with Crippen LogP contribution in [0.25, 0.3) is 0 Å². The standard InChI is InChI=1S/C12H13F4N/c13-11-8(10(17)6-7-4-5-7)2-1-3-9(11)12(14,15)16/h1-3,7,10H,4-6,17H2/t10-/m0/s1. The quantitative estimate of drug-likeness (QED) is 0.811. The fourth-order valence-corrected chi connectivity index (χ4v) is 1.89. The van der Waals surface area contributed by atoms with Crippen LogP contribution in [0.3, 0.4) is 0 Å². The summed E-state index contributed by atoms with van der Waals surface area (Å²) in [5, 5.41) is 0. The second-order valence-corrected chi connectivity index (χ2v) is 4.49. The molecular formula is C12H13F4N. The molecule has 0 heterocycles. The summed E-state index contributed by atoms with van der Waals surface area (Å²) in [6.45, 7) is 0. The molecule has 0 unspecified atom stereocenters. The van der Waals surface area contributed by atoms with E-state index in [1.165, 1.54) is 12.1 Å². The Morgan fingerprint density at radius 2 is 1.94 bits per heavy atom. The maximum Gasteiger partial charge on any atom is 0.419 e. The third-order valence-electron chi connectivity index (χ3n) is 3.02. The third-order valence-corrected chi connectivity index (χ3v) is 3.02. The summed E-state index contributed by atoms with van der Waals surface area (Å²) in [6.07, 6.45) is -2.04. The van der Waals surface area contributed by atoms with E-state index in [0.717, 1.165) is 18.9 Å². The summed E-state index contributed by atoms with van der Waals surface area (Å²) < 4.78 is 51.1. The lowest BCUT2D eigenvalue weighted by Gasteiger charge is -2.16. The number of hydrogen-bond acceptors (Lipinski definition) is 1. The molecule has 17 heavy (non-hydrogen) atoms. The van der Waals surface area contributed by atoms with Gasteiger partial charge in [-0.2, -0.15) is 13.2 Å². The second-order valence-electron chi connectivity index (χ2n) is 4.49. The van der Waals surface area contributed by atoms with Crippen molar-refractivity contribution in [1.29, 1.82) is 0 Å². The van der Waals surface area contributed by atoms with Gasteiger partial charge in [-0.25, -0.2) is 4.39 Å². The zero-order valence-corrected chi connectivity index (χ0v) is 9.10. The highest BCUT2D eigenvalue weighted by molar-refractivity contribution is 5.30. The average Bonchev–Trinajstić information content (AvgIpc) is 3.00. The van der Waals surface area contributed by atoms with Gasteiger partial charge < -0.3 is 5.73 Å². The molecule has 1 fully saturated rings. The molecular weight excluding hydrogens is 234 g/mol. The van der Waals surface area contributed by atoms with E-state index in [0.29, 0.717) is 12.3 Å². The summed E-state index contributed by atoms with van der Waals surface area (Å²) in [5.74, 6) is -0.785. The lowest BCUT2D eigenvalue weighted by atomic mass is 9.99. The van der Waals surface area contributed by atoms with Crippen LogP contribution in [0, 0.1) is 11.7 Å². The molecule has 0 aliphatic heterocycles. The van der Waals surface area contributed by atoms with Gasteiger partial charge >= 0.3 is 6.18 Å². The van der Waals surface area contributed by atoms with Crippen LogP contribution in [0.15, 0.2) is 18.2 Å². The summed E-state index contributed by atoms with van der Waals surface area (Å²) in [7, 11) is 0. The van der Waals surface area contributed by atoms with Crippen molar-refractivity contribution in [1.82, 2.24) is 0 Å². The van der Waals surface area contributed by atoms with E-state index in [-0.39, 0.29) is 5.56 Å². The van der Waals surface area contributed by atoms with E-state index in [2.05, 4.69) is 0 Å². The van der Waals surface area contributed by atoms with Crippen LogP contribution in [0.5, 0.6) is 0 Å². The molecule has 0 aromatic heterocycles. The molecule has 5 heteroatoms. The number of rotatable bonds is 3. The summed E-state index contributed by atoms with van der Waals surface area (Å²) in [6, 6.07) is 2.62. The minimum Gasteiger partial charge on any atom is -0.324 e. The van der Waals surface area contributed by atoms with Gasteiger partial charge in [-0.15, -0.1) is 0 Å². The lowest BCUT2D eigenvalue weighted by Crippen LogP contribution is -2.16. The van der Waals surface area contributed by atoms with Crippen LogP contribution < -0.4 is 5.73 Å². The van der Waals surface area contributed by atoms with Gasteiger partial charge in [0.05, 0.1) is 5.56 Å². The lowest BCUT2D eigenvalue weighted by molar-refractivity contribution is -0.140. The minimum absolute atomic E-state index is 0.0354. The molecule has 94 valence electrons. The van der Waals surface area contributed by atoms with E-state index in [4.69, 9.17) is 5.73 Å². The van der Waals surface area contributed by atoms with Crippen LogP contribution in [-0.2, 0) is 6.18 Å². The van der Waals surface area contributed by atoms with E-state index in [1.807, 2.05) is 0 Å². The fourth-order valence-electron chi connectivity index (χ4n) is 1.89. The average molecular weight is 247 g/mol. The minimum atomic E-state index is -4.67. The molecule has 0 radical (unpaired) electrons. The van der Waals surface area contributed by atoms with Crippen LogP contribution in [0.4, 0.5) is 17.6 Å². The first kappa shape index (κ1) is 12.4. The predicted molar refractivity (Wildman–Crippen MR) is 55.7 cm³/mol. The molecule has 1 aromatic carbocycles.